The number of benzene rings is 1. The van der Waals surface area contributed by atoms with Crippen LogP contribution in [0.1, 0.15) is 30.3 Å². The van der Waals surface area contributed by atoms with Gasteiger partial charge in [-0.2, -0.15) is 0 Å². The number of aromatic nitrogens is 2. The third kappa shape index (κ3) is 2.63. The number of pyridine rings is 1. The zero-order valence-corrected chi connectivity index (χ0v) is 13.5. The molecular formula is C17H18N2OS. The average Bonchev–Trinajstić information content (AvgIpc) is 2.96. The standard InChI is InChI=1S/C17H18N2OS/c1-10(2)17-19-16(9-21-17)15-7-11(3)13-6-5-12(20-4)8-14(13)18-15/h5-10H,1-4H3. The van der Waals surface area contributed by atoms with Gasteiger partial charge in [0, 0.05) is 22.8 Å². The van der Waals surface area contributed by atoms with Crippen LogP contribution in [0.5, 0.6) is 5.75 Å². The Balaban J connectivity index is 2.13. The molecule has 4 heteroatoms. The summed E-state index contributed by atoms with van der Waals surface area (Å²) in [5.41, 5.74) is 4.04. The van der Waals surface area contributed by atoms with Crippen molar-refractivity contribution in [1.82, 2.24) is 9.97 Å². The maximum atomic E-state index is 5.29. The van der Waals surface area contributed by atoms with Crippen LogP contribution in [0.15, 0.2) is 29.6 Å². The summed E-state index contributed by atoms with van der Waals surface area (Å²) in [6.45, 7) is 6.43. The van der Waals surface area contributed by atoms with Crippen molar-refractivity contribution in [2.45, 2.75) is 26.7 Å². The van der Waals surface area contributed by atoms with Crippen molar-refractivity contribution in [1.29, 1.82) is 0 Å². The Bertz CT molecular complexity index is 793. The van der Waals surface area contributed by atoms with Crippen LogP contribution in [-0.4, -0.2) is 17.1 Å². The van der Waals surface area contributed by atoms with Gasteiger partial charge in [0.2, 0.25) is 0 Å². The summed E-state index contributed by atoms with van der Waals surface area (Å²) in [5, 5.41) is 4.39. The van der Waals surface area contributed by atoms with E-state index in [0.29, 0.717) is 5.92 Å². The predicted molar refractivity (Wildman–Crippen MR) is 88.2 cm³/mol. The summed E-state index contributed by atoms with van der Waals surface area (Å²) in [4.78, 5) is 9.45. The summed E-state index contributed by atoms with van der Waals surface area (Å²) in [7, 11) is 1.67. The largest absolute Gasteiger partial charge is 0.497 e. The van der Waals surface area contributed by atoms with Gasteiger partial charge in [0.1, 0.15) is 5.75 Å². The van der Waals surface area contributed by atoms with E-state index in [1.165, 1.54) is 5.56 Å². The number of hydrogen-bond donors (Lipinski definition) is 0. The minimum Gasteiger partial charge on any atom is -0.497 e. The highest BCUT2D eigenvalue weighted by Gasteiger charge is 2.11. The van der Waals surface area contributed by atoms with Crippen LogP contribution >= 0.6 is 11.3 Å². The molecule has 0 fully saturated rings. The summed E-state index contributed by atoms with van der Waals surface area (Å²) in [5.74, 6) is 1.28. The molecule has 0 saturated heterocycles. The average molecular weight is 298 g/mol. The van der Waals surface area contributed by atoms with Crippen molar-refractivity contribution < 1.29 is 4.74 Å². The highest BCUT2D eigenvalue weighted by Crippen LogP contribution is 2.29. The fourth-order valence-corrected chi connectivity index (χ4v) is 3.14. The second-order valence-electron chi connectivity index (χ2n) is 5.43. The van der Waals surface area contributed by atoms with E-state index >= 15 is 0 Å². The molecule has 3 nitrogen and oxygen atoms in total. The van der Waals surface area contributed by atoms with Gasteiger partial charge < -0.3 is 4.74 Å². The lowest BCUT2D eigenvalue weighted by molar-refractivity contribution is 0.415. The molecule has 3 aromatic rings. The van der Waals surface area contributed by atoms with E-state index in [-0.39, 0.29) is 0 Å². The lowest BCUT2D eigenvalue weighted by Gasteiger charge is -2.07. The number of aryl methyl sites for hydroxylation is 1. The predicted octanol–water partition coefficient (Wildman–Crippen LogP) is 4.80. The van der Waals surface area contributed by atoms with E-state index in [4.69, 9.17) is 14.7 Å². The number of rotatable bonds is 3. The molecule has 3 rings (SSSR count). The number of thiazole rings is 1. The normalized spacial score (nSPS) is 11.3. The fraction of sp³-hybridized carbons (Fsp3) is 0.294. The smallest absolute Gasteiger partial charge is 0.121 e. The van der Waals surface area contributed by atoms with Gasteiger partial charge in [-0.05, 0) is 30.7 Å². The SMILES string of the molecule is COc1ccc2c(C)cc(-c3csc(C(C)C)n3)nc2c1. The Hall–Kier alpha value is -1.94. The van der Waals surface area contributed by atoms with Gasteiger partial charge in [-0.25, -0.2) is 9.97 Å². The lowest BCUT2D eigenvalue weighted by Crippen LogP contribution is -1.91. The second-order valence-corrected chi connectivity index (χ2v) is 6.32. The van der Waals surface area contributed by atoms with Gasteiger partial charge >= 0.3 is 0 Å². The minimum atomic E-state index is 0.449. The molecule has 2 aromatic heterocycles. The highest BCUT2D eigenvalue weighted by atomic mass is 32.1. The van der Waals surface area contributed by atoms with Crippen molar-refractivity contribution >= 4 is 22.2 Å². The molecule has 21 heavy (non-hydrogen) atoms. The van der Waals surface area contributed by atoms with E-state index in [1.807, 2.05) is 12.1 Å². The van der Waals surface area contributed by atoms with Crippen molar-refractivity contribution in [3.8, 4) is 17.1 Å². The Labute approximate surface area is 128 Å². The topological polar surface area (TPSA) is 35.0 Å². The van der Waals surface area contributed by atoms with Crippen LogP contribution in [0.2, 0.25) is 0 Å². The molecule has 1 aromatic carbocycles. The van der Waals surface area contributed by atoms with Crippen LogP contribution in [0.3, 0.4) is 0 Å². The van der Waals surface area contributed by atoms with Gasteiger partial charge in [-0.15, -0.1) is 11.3 Å². The van der Waals surface area contributed by atoms with Gasteiger partial charge in [0.05, 0.1) is 29.0 Å². The number of methoxy groups -OCH3 is 1. The molecule has 0 unspecified atom stereocenters. The molecule has 0 aliphatic carbocycles. The number of nitrogens with zero attached hydrogens (tertiary/aromatic N) is 2. The number of hydrogen-bond acceptors (Lipinski definition) is 4. The van der Waals surface area contributed by atoms with E-state index < -0.39 is 0 Å². The Morgan fingerprint density at radius 2 is 1.90 bits per heavy atom. The van der Waals surface area contributed by atoms with Crippen molar-refractivity contribution in [3.05, 3.63) is 40.2 Å². The first kappa shape index (κ1) is 14.0. The summed E-state index contributed by atoms with van der Waals surface area (Å²) < 4.78 is 5.29. The lowest BCUT2D eigenvalue weighted by atomic mass is 10.1. The van der Waals surface area contributed by atoms with Crippen LogP contribution < -0.4 is 4.74 Å². The maximum Gasteiger partial charge on any atom is 0.121 e. The van der Waals surface area contributed by atoms with Crippen LogP contribution in [0, 0.1) is 6.92 Å². The molecule has 0 N–H and O–H groups in total. The number of fused-ring (bicyclic) bond motifs is 1. The van der Waals surface area contributed by atoms with Gasteiger partial charge in [-0.1, -0.05) is 13.8 Å². The highest BCUT2D eigenvalue weighted by molar-refractivity contribution is 7.10. The van der Waals surface area contributed by atoms with E-state index in [9.17, 15) is 0 Å². The van der Waals surface area contributed by atoms with E-state index in [0.717, 1.165) is 33.0 Å². The molecular weight excluding hydrogens is 280 g/mol. The maximum absolute atomic E-state index is 5.29. The summed E-state index contributed by atoms with van der Waals surface area (Å²) in [6.07, 6.45) is 0. The molecule has 0 bridgehead atoms. The fourth-order valence-electron chi connectivity index (χ4n) is 2.31. The molecule has 0 aliphatic rings. The van der Waals surface area contributed by atoms with Crippen LogP contribution in [0.4, 0.5) is 0 Å². The Morgan fingerprint density at radius 1 is 1.10 bits per heavy atom. The van der Waals surface area contributed by atoms with E-state index in [2.05, 4.69) is 38.3 Å². The van der Waals surface area contributed by atoms with Gasteiger partial charge in [0.25, 0.3) is 0 Å². The minimum absolute atomic E-state index is 0.449. The quantitative estimate of drug-likeness (QED) is 0.696. The summed E-state index contributed by atoms with van der Waals surface area (Å²) in [6, 6.07) is 8.10. The first-order chi connectivity index (χ1) is 10.1. The van der Waals surface area contributed by atoms with Crippen molar-refractivity contribution in [3.63, 3.8) is 0 Å². The second kappa shape index (κ2) is 5.45. The first-order valence-corrected chi connectivity index (χ1v) is 7.87. The van der Waals surface area contributed by atoms with Crippen molar-refractivity contribution in [2.75, 3.05) is 7.11 Å². The third-order valence-corrected chi connectivity index (χ3v) is 4.65. The van der Waals surface area contributed by atoms with Gasteiger partial charge in [-0.3, -0.25) is 0 Å². The van der Waals surface area contributed by atoms with Gasteiger partial charge in [0.15, 0.2) is 0 Å². The molecule has 2 heterocycles. The van der Waals surface area contributed by atoms with Crippen LogP contribution in [0.25, 0.3) is 22.3 Å². The zero-order chi connectivity index (χ0) is 15.0. The van der Waals surface area contributed by atoms with Crippen LogP contribution in [-0.2, 0) is 0 Å². The molecule has 0 radical (unpaired) electrons. The van der Waals surface area contributed by atoms with E-state index in [1.54, 1.807) is 18.4 Å². The molecule has 0 amide bonds. The molecule has 0 saturated carbocycles. The zero-order valence-electron chi connectivity index (χ0n) is 12.7. The molecule has 0 atom stereocenters. The summed E-state index contributed by atoms with van der Waals surface area (Å²) >= 11 is 1.70. The monoisotopic (exact) mass is 298 g/mol. The van der Waals surface area contributed by atoms with Crippen molar-refractivity contribution in [2.24, 2.45) is 0 Å². The molecule has 0 aliphatic heterocycles. The Kier molecular flexibility index (Phi) is 3.64. The first-order valence-electron chi connectivity index (χ1n) is 6.99. The third-order valence-electron chi connectivity index (χ3n) is 3.50. The Morgan fingerprint density at radius 3 is 2.57 bits per heavy atom. The number of ether oxygens (including phenoxy) is 1. The molecule has 108 valence electrons. The molecule has 0 spiro atoms.